The first-order chi connectivity index (χ1) is 10.5. The molecule has 2 saturated carbocycles. The normalized spacial score (nSPS) is 29.6. The number of aromatic hydroxyl groups is 1. The standard InChI is InChI=1S/C20H28O2/c1-12(2)5-7-16-18(21)10-14(11-19(16)22-4)20-15-8-6-13(3)9-17(15)20/h5,10-11,13,15,17,20-21H,6-9H2,1-4H3. The lowest BCUT2D eigenvalue weighted by atomic mass is 9.91. The lowest BCUT2D eigenvalue weighted by molar-refractivity contribution is 0.368. The summed E-state index contributed by atoms with van der Waals surface area (Å²) in [5.41, 5.74) is 3.44. The molecular weight excluding hydrogens is 272 g/mol. The third kappa shape index (κ3) is 2.88. The maximum Gasteiger partial charge on any atom is 0.126 e. The second-order valence-corrected chi connectivity index (χ2v) is 7.48. The Morgan fingerprint density at radius 1 is 1.27 bits per heavy atom. The van der Waals surface area contributed by atoms with Crippen molar-refractivity contribution >= 4 is 0 Å². The fourth-order valence-corrected chi connectivity index (χ4v) is 4.25. The summed E-state index contributed by atoms with van der Waals surface area (Å²) in [5.74, 6) is 4.40. The summed E-state index contributed by atoms with van der Waals surface area (Å²) in [6.45, 7) is 6.52. The van der Waals surface area contributed by atoms with Crippen LogP contribution in [-0.4, -0.2) is 12.2 Å². The van der Waals surface area contributed by atoms with E-state index in [0.29, 0.717) is 11.7 Å². The zero-order chi connectivity index (χ0) is 15.9. The predicted molar refractivity (Wildman–Crippen MR) is 90.5 cm³/mol. The van der Waals surface area contributed by atoms with Crippen molar-refractivity contribution in [3.63, 3.8) is 0 Å². The van der Waals surface area contributed by atoms with E-state index in [4.69, 9.17) is 4.74 Å². The smallest absolute Gasteiger partial charge is 0.126 e. The van der Waals surface area contributed by atoms with Gasteiger partial charge < -0.3 is 9.84 Å². The van der Waals surface area contributed by atoms with Crippen LogP contribution in [-0.2, 0) is 6.42 Å². The first-order valence-electron chi connectivity index (χ1n) is 8.54. The molecule has 4 unspecified atom stereocenters. The highest BCUT2D eigenvalue weighted by Crippen LogP contribution is 2.62. The van der Waals surface area contributed by atoms with E-state index in [-0.39, 0.29) is 0 Å². The summed E-state index contributed by atoms with van der Waals surface area (Å²) in [5, 5.41) is 10.5. The molecule has 0 saturated heterocycles. The molecule has 0 spiro atoms. The molecule has 2 fully saturated rings. The van der Waals surface area contributed by atoms with E-state index >= 15 is 0 Å². The summed E-state index contributed by atoms with van der Waals surface area (Å²) >= 11 is 0. The number of ether oxygens (including phenoxy) is 1. The highest BCUT2D eigenvalue weighted by atomic mass is 16.5. The molecule has 3 rings (SSSR count). The van der Waals surface area contributed by atoms with Crippen LogP contribution in [0.15, 0.2) is 23.8 Å². The molecule has 0 bridgehead atoms. The van der Waals surface area contributed by atoms with E-state index < -0.39 is 0 Å². The third-order valence-corrected chi connectivity index (χ3v) is 5.53. The van der Waals surface area contributed by atoms with E-state index in [0.717, 1.165) is 35.5 Å². The van der Waals surface area contributed by atoms with Crippen molar-refractivity contribution in [3.8, 4) is 11.5 Å². The first-order valence-corrected chi connectivity index (χ1v) is 8.54. The number of fused-ring (bicyclic) bond motifs is 1. The molecule has 1 N–H and O–H groups in total. The maximum atomic E-state index is 10.5. The van der Waals surface area contributed by atoms with E-state index in [1.165, 1.54) is 30.4 Å². The third-order valence-electron chi connectivity index (χ3n) is 5.53. The molecule has 0 aromatic heterocycles. The summed E-state index contributed by atoms with van der Waals surface area (Å²) in [4.78, 5) is 0. The van der Waals surface area contributed by atoms with Crippen LogP contribution < -0.4 is 4.74 Å². The number of methoxy groups -OCH3 is 1. The van der Waals surface area contributed by atoms with Gasteiger partial charge in [-0.05, 0) is 74.5 Å². The summed E-state index contributed by atoms with van der Waals surface area (Å²) in [7, 11) is 1.70. The molecule has 2 aliphatic rings. The van der Waals surface area contributed by atoms with Crippen molar-refractivity contribution in [1.29, 1.82) is 0 Å². The topological polar surface area (TPSA) is 29.5 Å². The summed E-state index contributed by atoms with van der Waals surface area (Å²) < 4.78 is 5.56. The monoisotopic (exact) mass is 300 g/mol. The van der Waals surface area contributed by atoms with Crippen LogP contribution in [0.1, 0.15) is 57.1 Å². The van der Waals surface area contributed by atoms with E-state index in [9.17, 15) is 5.11 Å². The minimum atomic E-state index is 0.392. The van der Waals surface area contributed by atoms with Crippen molar-refractivity contribution in [3.05, 3.63) is 34.9 Å². The molecule has 4 atom stereocenters. The second-order valence-electron chi connectivity index (χ2n) is 7.48. The fourth-order valence-electron chi connectivity index (χ4n) is 4.25. The molecular formula is C20H28O2. The van der Waals surface area contributed by atoms with Crippen molar-refractivity contribution in [1.82, 2.24) is 0 Å². The van der Waals surface area contributed by atoms with Gasteiger partial charge in [-0.2, -0.15) is 0 Å². The second kappa shape index (κ2) is 5.98. The molecule has 120 valence electrons. The number of allylic oxidation sites excluding steroid dienone is 2. The molecule has 0 amide bonds. The van der Waals surface area contributed by atoms with E-state index in [1.807, 2.05) is 6.07 Å². The molecule has 1 aromatic carbocycles. The van der Waals surface area contributed by atoms with Crippen LogP contribution in [0.25, 0.3) is 0 Å². The Morgan fingerprint density at radius 2 is 2.05 bits per heavy atom. The highest BCUT2D eigenvalue weighted by molar-refractivity contribution is 5.50. The zero-order valence-electron chi connectivity index (χ0n) is 14.2. The van der Waals surface area contributed by atoms with Crippen molar-refractivity contribution in [2.45, 2.75) is 52.4 Å². The number of rotatable bonds is 4. The Hall–Kier alpha value is -1.44. The SMILES string of the molecule is COc1cc(C2C3CCC(C)CC32)cc(O)c1CC=C(C)C. The lowest BCUT2D eigenvalue weighted by Crippen LogP contribution is -2.03. The molecule has 1 aromatic rings. The lowest BCUT2D eigenvalue weighted by Gasteiger charge is -2.14. The minimum Gasteiger partial charge on any atom is -0.508 e. The molecule has 2 aliphatic carbocycles. The highest BCUT2D eigenvalue weighted by Gasteiger charge is 2.52. The Bertz CT molecular complexity index is 584. The summed E-state index contributed by atoms with van der Waals surface area (Å²) in [6, 6.07) is 4.16. The van der Waals surface area contributed by atoms with Crippen LogP contribution >= 0.6 is 0 Å². The van der Waals surface area contributed by atoms with Gasteiger partial charge in [-0.15, -0.1) is 0 Å². The molecule has 0 heterocycles. The van der Waals surface area contributed by atoms with Crippen molar-refractivity contribution in [2.24, 2.45) is 17.8 Å². The molecule has 22 heavy (non-hydrogen) atoms. The number of benzene rings is 1. The average Bonchev–Trinajstić information content (AvgIpc) is 3.17. The van der Waals surface area contributed by atoms with Gasteiger partial charge in [0.25, 0.3) is 0 Å². The van der Waals surface area contributed by atoms with Gasteiger partial charge in [0, 0.05) is 5.56 Å². The van der Waals surface area contributed by atoms with Gasteiger partial charge in [0.15, 0.2) is 0 Å². The van der Waals surface area contributed by atoms with Crippen molar-refractivity contribution in [2.75, 3.05) is 7.11 Å². The van der Waals surface area contributed by atoms with Gasteiger partial charge in [-0.1, -0.05) is 25.0 Å². The van der Waals surface area contributed by atoms with E-state index in [1.54, 1.807) is 7.11 Å². The predicted octanol–water partition coefficient (Wildman–Crippen LogP) is 5.06. The quantitative estimate of drug-likeness (QED) is 0.788. The van der Waals surface area contributed by atoms with Crippen LogP contribution in [0, 0.1) is 17.8 Å². The van der Waals surface area contributed by atoms with Gasteiger partial charge in [-0.3, -0.25) is 0 Å². The molecule has 2 heteroatoms. The first kappa shape index (κ1) is 15.5. The van der Waals surface area contributed by atoms with Gasteiger partial charge in [0.2, 0.25) is 0 Å². The zero-order valence-corrected chi connectivity index (χ0v) is 14.2. The van der Waals surface area contributed by atoms with Crippen LogP contribution in [0.4, 0.5) is 0 Å². The van der Waals surface area contributed by atoms with Gasteiger partial charge in [-0.25, -0.2) is 0 Å². The van der Waals surface area contributed by atoms with Gasteiger partial charge in [0.1, 0.15) is 11.5 Å². The Morgan fingerprint density at radius 3 is 2.68 bits per heavy atom. The number of hydrogen-bond acceptors (Lipinski definition) is 2. The van der Waals surface area contributed by atoms with Crippen LogP contribution in [0.2, 0.25) is 0 Å². The Balaban J connectivity index is 1.85. The number of phenolic OH excluding ortho intramolecular Hbond substituents is 1. The number of hydrogen-bond donors (Lipinski definition) is 1. The summed E-state index contributed by atoms with van der Waals surface area (Å²) in [6.07, 6.45) is 6.92. The molecule has 0 radical (unpaired) electrons. The maximum absolute atomic E-state index is 10.5. The van der Waals surface area contributed by atoms with Crippen LogP contribution in [0.3, 0.4) is 0 Å². The van der Waals surface area contributed by atoms with Gasteiger partial charge >= 0.3 is 0 Å². The fraction of sp³-hybridized carbons (Fsp3) is 0.600. The van der Waals surface area contributed by atoms with E-state index in [2.05, 4.69) is 32.9 Å². The molecule has 0 aliphatic heterocycles. The number of phenols is 1. The van der Waals surface area contributed by atoms with Crippen LogP contribution in [0.5, 0.6) is 11.5 Å². The Kier molecular flexibility index (Phi) is 4.20. The van der Waals surface area contributed by atoms with Crippen molar-refractivity contribution < 1.29 is 9.84 Å². The minimum absolute atomic E-state index is 0.392. The molecule has 2 nitrogen and oxygen atoms in total. The average molecular weight is 300 g/mol. The van der Waals surface area contributed by atoms with Gasteiger partial charge in [0.05, 0.1) is 7.11 Å². The Labute approximate surface area is 134 Å². The largest absolute Gasteiger partial charge is 0.508 e.